The number of amides is 1. The van der Waals surface area contributed by atoms with E-state index in [1.165, 1.54) is 4.90 Å². The van der Waals surface area contributed by atoms with E-state index in [1.54, 1.807) is 19.1 Å². The molecule has 9 nitrogen and oxygen atoms in total. The number of halogens is 1. The van der Waals surface area contributed by atoms with Gasteiger partial charge in [0.05, 0.1) is 22.6 Å². The van der Waals surface area contributed by atoms with Crippen LogP contribution in [0.1, 0.15) is 37.7 Å². The predicted octanol–water partition coefficient (Wildman–Crippen LogP) is 3.58. The van der Waals surface area contributed by atoms with Crippen LogP contribution in [0.4, 0.5) is 16.7 Å². The molecule has 0 bridgehead atoms. The van der Waals surface area contributed by atoms with E-state index in [9.17, 15) is 9.59 Å². The lowest BCUT2D eigenvalue weighted by molar-refractivity contribution is 0.178. The third-order valence-corrected chi connectivity index (χ3v) is 5.37. The highest BCUT2D eigenvalue weighted by Gasteiger charge is 2.35. The van der Waals surface area contributed by atoms with Crippen LogP contribution < -0.4 is 15.8 Å². The smallest absolute Gasteiger partial charge is 0.417 e. The molecule has 3 heterocycles. The first-order valence-corrected chi connectivity index (χ1v) is 10.0. The first-order chi connectivity index (χ1) is 14.4. The lowest BCUT2D eigenvalue weighted by Crippen LogP contribution is -2.35. The van der Waals surface area contributed by atoms with Crippen LogP contribution in [0.3, 0.4) is 0 Å². The fourth-order valence-electron chi connectivity index (χ4n) is 3.45. The van der Waals surface area contributed by atoms with Crippen LogP contribution in [0.5, 0.6) is 0 Å². The lowest BCUT2D eigenvalue weighted by atomic mass is 10.1. The van der Waals surface area contributed by atoms with Crippen molar-refractivity contribution < 1.29 is 9.53 Å². The molecule has 2 aromatic heterocycles. The van der Waals surface area contributed by atoms with Gasteiger partial charge in [0.15, 0.2) is 0 Å². The molecule has 1 aliphatic rings. The van der Waals surface area contributed by atoms with Crippen LogP contribution >= 0.6 is 11.6 Å². The van der Waals surface area contributed by atoms with Gasteiger partial charge >= 0.3 is 6.09 Å². The zero-order valence-electron chi connectivity index (χ0n) is 16.8. The Hall–Kier alpha value is -3.20. The SMILES string of the molecule is CC[C@H]1COC(=O)N1c1nc(C)nc(N[C@@H](C)c2cc3cccc(Cl)c3[nH]c2=O)n1. The van der Waals surface area contributed by atoms with Crippen molar-refractivity contribution in [3.8, 4) is 0 Å². The Morgan fingerprint density at radius 2 is 2.13 bits per heavy atom. The number of aromatic amines is 1. The van der Waals surface area contributed by atoms with E-state index in [1.807, 2.05) is 26.0 Å². The Balaban J connectivity index is 1.65. The van der Waals surface area contributed by atoms with E-state index in [0.29, 0.717) is 35.0 Å². The molecule has 4 rings (SSSR count). The van der Waals surface area contributed by atoms with Gasteiger partial charge in [0.25, 0.3) is 5.56 Å². The number of pyridine rings is 1. The quantitative estimate of drug-likeness (QED) is 0.638. The maximum absolute atomic E-state index is 12.6. The molecule has 0 saturated carbocycles. The van der Waals surface area contributed by atoms with Crippen LogP contribution in [0.25, 0.3) is 10.9 Å². The zero-order valence-corrected chi connectivity index (χ0v) is 17.5. The Morgan fingerprint density at radius 1 is 1.33 bits per heavy atom. The molecule has 2 N–H and O–H groups in total. The average Bonchev–Trinajstić information content (AvgIpc) is 3.08. The summed E-state index contributed by atoms with van der Waals surface area (Å²) < 4.78 is 5.13. The summed E-state index contributed by atoms with van der Waals surface area (Å²) in [5, 5.41) is 4.44. The van der Waals surface area contributed by atoms with E-state index in [2.05, 4.69) is 25.3 Å². The summed E-state index contributed by atoms with van der Waals surface area (Å²) in [6.45, 7) is 5.81. The van der Waals surface area contributed by atoms with Crippen LogP contribution in [-0.2, 0) is 4.74 Å². The first kappa shape index (κ1) is 20.1. The van der Waals surface area contributed by atoms with Gasteiger partial charge in [0, 0.05) is 10.9 Å². The second-order valence-electron chi connectivity index (χ2n) is 7.14. The maximum Gasteiger partial charge on any atom is 0.417 e. The fraction of sp³-hybridized carbons (Fsp3) is 0.350. The molecule has 1 saturated heterocycles. The van der Waals surface area contributed by atoms with Gasteiger partial charge in [-0.15, -0.1) is 0 Å². The summed E-state index contributed by atoms with van der Waals surface area (Å²) in [6.07, 6.45) is 0.235. The van der Waals surface area contributed by atoms with Crippen LogP contribution in [0, 0.1) is 6.92 Å². The van der Waals surface area contributed by atoms with E-state index < -0.39 is 12.1 Å². The average molecular weight is 429 g/mol. The van der Waals surface area contributed by atoms with Crippen LogP contribution in [0.15, 0.2) is 29.1 Å². The topological polar surface area (TPSA) is 113 Å². The van der Waals surface area contributed by atoms with Crippen molar-refractivity contribution >= 4 is 40.5 Å². The summed E-state index contributed by atoms with van der Waals surface area (Å²) in [4.78, 5) is 42.0. The number of hydrogen-bond acceptors (Lipinski definition) is 7. The van der Waals surface area contributed by atoms with Crippen molar-refractivity contribution in [3.63, 3.8) is 0 Å². The number of cyclic esters (lactones) is 1. The summed E-state index contributed by atoms with van der Waals surface area (Å²) >= 11 is 6.17. The lowest BCUT2D eigenvalue weighted by Gasteiger charge is -2.20. The van der Waals surface area contributed by atoms with Crippen LogP contribution in [0.2, 0.25) is 5.02 Å². The van der Waals surface area contributed by atoms with Crippen molar-refractivity contribution in [2.24, 2.45) is 0 Å². The molecule has 2 atom stereocenters. The molecule has 0 radical (unpaired) electrons. The van der Waals surface area contributed by atoms with E-state index >= 15 is 0 Å². The number of benzene rings is 1. The summed E-state index contributed by atoms with van der Waals surface area (Å²) in [6, 6.07) is 6.69. The Morgan fingerprint density at radius 3 is 2.90 bits per heavy atom. The zero-order chi connectivity index (χ0) is 21.4. The monoisotopic (exact) mass is 428 g/mol. The number of nitrogens with zero attached hydrogens (tertiary/aromatic N) is 4. The minimum absolute atomic E-state index is 0.127. The van der Waals surface area contributed by atoms with Crippen molar-refractivity contribution in [2.75, 3.05) is 16.8 Å². The highest BCUT2D eigenvalue weighted by molar-refractivity contribution is 6.35. The minimum Gasteiger partial charge on any atom is -0.447 e. The van der Waals surface area contributed by atoms with E-state index in [0.717, 1.165) is 5.39 Å². The Bertz CT molecular complexity index is 1180. The Kier molecular flexibility index (Phi) is 5.29. The molecule has 1 fully saturated rings. The summed E-state index contributed by atoms with van der Waals surface area (Å²) in [7, 11) is 0. The normalized spacial score (nSPS) is 17.3. The molecule has 0 spiro atoms. The fourth-order valence-corrected chi connectivity index (χ4v) is 3.68. The number of aromatic nitrogens is 4. The van der Waals surface area contributed by atoms with Gasteiger partial charge in [-0.2, -0.15) is 15.0 Å². The minimum atomic E-state index is -0.477. The van der Waals surface area contributed by atoms with Gasteiger partial charge in [-0.05, 0) is 32.4 Å². The van der Waals surface area contributed by atoms with Gasteiger partial charge < -0.3 is 15.0 Å². The number of carbonyl (C=O) groups excluding carboxylic acids is 1. The molecule has 10 heteroatoms. The Labute approximate surface area is 177 Å². The van der Waals surface area contributed by atoms with Crippen molar-refractivity contribution in [3.05, 3.63) is 51.0 Å². The van der Waals surface area contributed by atoms with Gasteiger partial charge in [-0.25, -0.2) is 9.69 Å². The molecular weight excluding hydrogens is 408 g/mol. The number of anilines is 2. The van der Waals surface area contributed by atoms with Gasteiger partial charge in [-0.3, -0.25) is 4.79 Å². The highest BCUT2D eigenvalue weighted by Crippen LogP contribution is 2.25. The summed E-state index contributed by atoms with van der Waals surface area (Å²) in [5.74, 6) is 0.944. The van der Waals surface area contributed by atoms with E-state index in [-0.39, 0.29) is 23.5 Å². The summed E-state index contributed by atoms with van der Waals surface area (Å²) in [5.41, 5.74) is 0.851. The first-order valence-electron chi connectivity index (χ1n) is 9.64. The molecule has 0 unspecified atom stereocenters. The standard InChI is InChI=1S/C20H21ClN6O3/c1-4-13-9-30-20(29)27(13)19-24-11(3)23-18(26-19)22-10(2)14-8-12-6-5-7-15(21)16(12)25-17(14)28/h5-8,10,13H,4,9H2,1-3H3,(H,25,28)(H,22,23,24,26)/t10-,13-/m0/s1. The number of nitrogens with one attached hydrogen (secondary N) is 2. The molecule has 1 amide bonds. The number of para-hydroxylation sites is 1. The number of ether oxygens (including phenoxy) is 1. The molecule has 0 aliphatic carbocycles. The maximum atomic E-state index is 12.6. The van der Waals surface area contributed by atoms with Crippen molar-refractivity contribution in [2.45, 2.75) is 39.3 Å². The molecule has 156 valence electrons. The number of H-pyrrole nitrogens is 1. The number of aryl methyl sites for hydroxylation is 1. The second-order valence-corrected chi connectivity index (χ2v) is 7.55. The highest BCUT2D eigenvalue weighted by atomic mass is 35.5. The molecule has 30 heavy (non-hydrogen) atoms. The van der Waals surface area contributed by atoms with Gasteiger partial charge in [-0.1, -0.05) is 30.7 Å². The largest absolute Gasteiger partial charge is 0.447 e. The molecule has 1 aromatic carbocycles. The molecule has 1 aliphatic heterocycles. The predicted molar refractivity (Wildman–Crippen MR) is 114 cm³/mol. The molecule has 3 aromatic rings. The number of fused-ring (bicyclic) bond motifs is 1. The molecular formula is C20H21ClN6O3. The van der Waals surface area contributed by atoms with E-state index in [4.69, 9.17) is 16.3 Å². The number of hydrogen-bond donors (Lipinski definition) is 2. The van der Waals surface area contributed by atoms with Gasteiger partial charge in [0.2, 0.25) is 11.9 Å². The van der Waals surface area contributed by atoms with Gasteiger partial charge in [0.1, 0.15) is 12.4 Å². The third-order valence-electron chi connectivity index (χ3n) is 5.05. The number of carbonyl (C=O) groups is 1. The number of rotatable bonds is 5. The second kappa shape index (κ2) is 7.91. The van der Waals surface area contributed by atoms with Crippen molar-refractivity contribution in [1.82, 2.24) is 19.9 Å². The van der Waals surface area contributed by atoms with Crippen molar-refractivity contribution in [1.29, 1.82) is 0 Å². The van der Waals surface area contributed by atoms with Crippen LogP contribution in [-0.4, -0.2) is 38.7 Å². The third kappa shape index (κ3) is 3.68.